The molecule has 4 rings (SSSR count). The first-order chi connectivity index (χ1) is 16.4. The van der Waals surface area contributed by atoms with Crippen molar-refractivity contribution in [3.8, 4) is 5.75 Å². The number of carbonyl (C=O) groups excluding carboxylic acids is 1. The number of nitrogens with one attached hydrogen (secondary N) is 2. The van der Waals surface area contributed by atoms with Crippen LogP contribution in [0.15, 0.2) is 83.8 Å². The summed E-state index contributed by atoms with van der Waals surface area (Å²) < 4.78 is 33.4. The quantitative estimate of drug-likeness (QED) is 0.393. The fraction of sp³-hybridized carbons (Fsp3) is 0.296. The summed E-state index contributed by atoms with van der Waals surface area (Å²) in [6, 6.07) is 23.6. The van der Waals surface area contributed by atoms with E-state index in [1.54, 1.807) is 24.3 Å². The number of ether oxygens (including phenoxy) is 1. The van der Waals surface area contributed by atoms with E-state index in [-0.39, 0.29) is 10.8 Å². The van der Waals surface area contributed by atoms with Crippen molar-refractivity contribution in [2.24, 2.45) is 0 Å². The zero-order valence-electron chi connectivity index (χ0n) is 19.3. The fourth-order valence-corrected chi connectivity index (χ4v) is 5.09. The molecule has 7 heteroatoms. The Labute approximate surface area is 201 Å². The van der Waals surface area contributed by atoms with Crippen LogP contribution in [0.2, 0.25) is 0 Å². The molecule has 2 N–H and O–H groups in total. The number of amides is 1. The van der Waals surface area contributed by atoms with Crippen molar-refractivity contribution in [2.45, 2.75) is 42.9 Å². The predicted octanol–water partition coefficient (Wildman–Crippen LogP) is 4.67. The number of hydrogen-bond acceptors (Lipinski definition) is 4. The van der Waals surface area contributed by atoms with E-state index in [0.29, 0.717) is 24.6 Å². The fourth-order valence-electron chi connectivity index (χ4n) is 4.03. The van der Waals surface area contributed by atoms with Gasteiger partial charge in [-0.05, 0) is 80.1 Å². The van der Waals surface area contributed by atoms with Gasteiger partial charge in [0.25, 0.3) is 10.0 Å². The third-order valence-corrected chi connectivity index (χ3v) is 7.49. The number of hydrogen-bond donors (Lipinski definition) is 2. The lowest BCUT2D eigenvalue weighted by atomic mass is 9.94. The van der Waals surface area contributed by atoms with Gasteiger partial charge < -0.3 is 10.1 Å². The first-order valence-electron chi connectivity index (χ1n) is 11.6. The topological polar surface area (TPSA) is 84.5 Å². The monoisotopic (exact) mass is 478 g/mol. The average Bonchev–Trinajstić information content (AvgIpc) is 3.65. The Morgan fingerprint density at radius 1 is 0.941 bits per heavy atom. The molecular weight excluding hydrogens is 448 g/mol. The van der Waals surface area contributed by atoms with E-state index in [2.05, 4.69) is 22.2 Å². The zero-order chi connectivity index (χ0) is 24.0. The highest BCUT2D eigenvalue weighted by molar-refractivity contribution is 7.92. The molecule has 1 fully saturated rings. The van der Waals surface area contributed by atoms with Crippen LogP contribution in [0.3, 0.4) is 0 Å². The molecular formula is C27H30N2O4S. The Morgan fingerprint density at radius 2 is 1.62 bits per heavy atom. The van der Waals surface area contributed by atoms with Gasteiger partial charge in [-0.2, -0.15) is 0 Å². The lowest BCUT2D eigenvalue weighted by molar-refractivity contribution is -0.123. The molecule has 0 spiro atoms. The zero-order valence-corrected chi connectivity index (χ0v) is 20.1. The molecule has 1 amide bonds. The van der Waals surface area contributed by atoms with Crippen LogP contribution in [0.4, 0.5) is 5.69 Å². The molecule has 0 atom stereocenters. The Balaban J connectivity index is 1.33. The van der Waals surface area contributed by atoms with Crippen LogP contribution < -0.4 is 14.8 Å². The summed E-state index contributed by atoms with van der Waals surface area (Å²) in [6.07, 6.45) is 3.42. The average molecular weight is 479 g/mol. The molecule has 0 unspecified atom stereocenters. The van der Waals surface area contributed by atoms with Crippen LogP contribution in [0.25, 0.3) is 0 Å². The minimum atomic E-state index is -3.72. The molecule has 0 saturated heterocycles. The maximum Gasteiger partial charge on any atom is 0.261 e. The van der Waals surface area contributed by atoms with Gasteiger partial charge in [0.2, 0.25) is 5.91 Å². The lowest BCUT2D eigenvalue weighted by Crippen LogP contribution is -2.35. The Kier molecular flexibility index (Phi) is 7.22. The van der Waals surface area contributed by atoms with Crippen molar-refractivity contribution < 1.29 is 17.9 Å². The molecule has 1 aliphatic rings. The highest BCUT2D eigenvalue weighted by Gasteiger charge is 2.51. The summed E-state index contributed by atoms with van der Waals surface area (Å²) in [5.74, 6) is 0.669. The van der Waals surface area contributed by atoms with Crippen molar-refractivity contribution in [3.05, 3.63) is 90.0 Å². The van der Waals surface area contributed by atoms with Crippen molar-refractivity contribution in [1.29, 1.82) is 0 Å². The number of rotatable bonds is 11. The molecule has 0 aliphatic heterocycles. The number of sulfonamides is 1. The van der Waals surface area contributed by atoms with E-state index in [9.17, 15) is 13.2 Å². The van der Waals surface area contributed by atoms with Gasteiger partial charge in [-0.1, -0.05) is 42.5 Å². The van der Waals surface area contributed by atoms with Crippen molar-refractivity contribution in [1.82, 2.24) is 5.32 Å². The molecule has 3 aromatic carbocycles. The second-order valence-electron chi connectivity index (χ2n) is 8.51. The molecule has 1 saturated carbocycles. The lowest BCUT2D eigenvalue weighted by Gasteiger charge is -2.17. The highest BCUT2D eigenvalue weighted by Crippen LogP contribution is 2.48. The summed E-state index contributed by atoms with van der Waals surface area (Å²) in [5.41, 5.74) is 2.13. The second kappa shape index (κ2) is 10.3. The maximum atomic E-state index is 12.9. The Morgan fingerprint density at radius 3 is 2.24 bits per heavy atom. The minimum Gasteiger partial charge on any atom is -0.494 e. The van der Waals surface area contributed by atoms with Crippen LogP contribution in [-0.4, -0.2) is 27.5 Å². The van der Waals surface area contributed by atoms with E-state index in [1.165, 1.54) is 17.7 Å². The standard InChI is InChI=1S/C27H30N2O4S/c1-2-33-24-14-16-25(17-15-24)34(31,32)29-23-12-10-22(11-13-23)27(18-19-27)26(30)28-20-6-9-21-7-4-3-5-8-21/h3-5,7-8,10-17,29H,2,6,9,18-20H2,1H3,(H,28,30). The summed E-state index contributed by atoms with van der Waals surface area (Å²) in [4.78, 5) is 13.0. The van der Waals surface area contributed by atoms with Crippen LogP contribution in [0, 0.1) is 0 Å². The van der Waals surface area contributed by atoms with Crippen LogP contribution in [-0.2, 0) is 26.7 Å². The normalized spacial score (nSPS) is 14.3. The Hall–Kier alpha value is -3.32. The number of aryl methyl sites for hydroxylation is 1. The van der Waals surface area contributed by atoms with E-state index >= 15 is 0 Å². The van der Waals surface area contributed by atoms with Gasteiger partial charge in [-0.15, -0.1) is 0 Å². The SMILES string of the molecule is CCOc1ccc(S(=O)(=O)Nc2ccc(C3(C(=O)NCCCc4ccccc4)CC3)cc2)cc1. The van der Waals surface area contributed by atoms with Gasteiger partial charge in [-0.25, -0.2) is 8.42 Å². The maximum absolute atomic E-state index is 12.9. The van der Waals surface area contributed by atoms with Crippen LogP contribution >= 0.6 is 0 Å². The summed E-state index contributed by atoms with van der Waals surface area (Å²) >= 11 is 0. The van der Waals surface area contributed by atoms with Gasteiger partial charge in [0.05, 0.1) is 16.9 Å². The molecule has 34 heavy (non-hydrogen) atoms. The van der Waals surface area contributed by atoms with Crippen molar-refractivity contribution in [2.75, 3.05) is 17.9 Å². The summed E-state index contributed by atoms with van der Waals surface area (Å²) in [6.45, 7) is 3.02. The van der Waals surface area contributed by atoms with E-state index in [0.717, 1.165) is 31.2 Å². The van der Waals surface area contributed by atoms with Crippen LogP contribution in [0.1, 0.15) is 37.3 Å². The molecule has 1 aliphatic carbocycles. The largest absolute Gasteiger partial charge is 0.494 e. The molecule has 0 bridgehead atoms. The summed E-state index contributed by atoms with van der Waals surface area (Å²) in [5, 5.41) is 3.08. The van der Waals surface area contributed by atoms with E-state index in [1.807, 2.05) is 37.3 Å². The third-order valence-electron chi connectivity index (χ3n) is 6.09. The van der Waals surface area contributed by atoms with Crippen molar-refractivity contribution >= 4 is 21.6 Å². The van der Waals surface area contributed by atoms with Crippen molar-refractivity contribution in [3.63, 3.8) is 0 Å². The molecule has 0 heterocycles. The number of benzene rings is 3. The van der Waals surface area contributed by atoms with Gasteiger partial charge in [0, 0.05) is 12.2 Å². The number of carbonyl (C=O) groups is 1. The van der Waals surface area contributed by atoms with Gasteiger partial charge >= 0.3 is 0 Å². The Bertz CT molecular complexity index is 1200. The van der Waals surface area contributed by atoms with Gasteiger partial charge in [0.15, 0.2) is 0 Å². The second-order valence-corrected chi connectivity index (χ2v) is 10.2. The highest BCUT2D eigenvalue weighted by atomic mass is 32.2. The summed E-state index contributed by atoms with van der Waals surface area (Å²) in [7, 11) is -3.72. The molecule has 178 valence electrons. The predicted molar refractivity (Wildman–Crippen MR) is 134 cm³/mol. The minimum absolute atomic E-state index is 0.0447. The first-order valence-corrected chi connectivity index (χ1v) is 13.1. The number of anilines is 1. The first kappa shape index (κ1) is 23.8. The molecule has 3 aromatic rings. The van der Waals surface area contributed by atoms with Crippen LogP contribution in [0.5, 0.6) is 5.75 Å². The van der Waals surface area contributed by atoms with Gasteiger partial charge in [0.1, 0.15) is 5.75 Å². The molecule has 0 aromatic heterocycles. The molecule has 6 nitrogen and oxygen atoms in total. The van der Waals surface area contributed by atoms with E-state index < -0.39 is 15.4 Å². The third kappa shape index (κ3) is 5.59. The molecule has 0 radical (unpaired) electrons. The van der Waals surface area contributed by atoms with E-state index in [4.69, 9.17) is 4.74 Å². The smallest absolute Gasteiger partial charge is 0.261 e. The van der Waals surface area contributed by atoms with Gasteiger partial charge in [-0.3, -0.25) is 9.52 Å².